The molecule has 1 aromatic rings. The normalized spacial score (nSPS) is 18.7. The van der Waals surface area contributed by atoms with Gasteiger partial charge in [-0.05, 0) is 37.6 Å². The third-order valence-electron chi connectivity index (χ3n) is 3.12. The van der Waals surface area contributed by atoms with Crippen LogP contribution in [-0.2, 0) is 9.59 Å². The number of nitrogens with one attached hydrogen (secondary N) is 3. The number of anilines is 2. The van der Waals surface area contributed by atoms with Gasteiger partial charge in [0.15, 0.2) is 0 Å². The van der Waals surface area contributed by atoms with Crippen molar-refractivity contribution in [3.05, 3.63) is 24.3 Å². The summed E-state index contributed by atoms with van der Waals surface area (Å²) in [6.45, 7) is 3.18. The molecule has 1 aliphatic rings. The van der Waals surface area contributed by atoms with Gasteiger partial charge in [0.25, 0.3) is 0 Å². The molecular weight excluding hydrogens is 242 g/mol. The molecule has 0 spiro atoms. The van der Waals surface area contributed by atoms with E-state index in [1.54, 1.807) is 18.2 Å². The number of piperidine rings is 1. The first-order valence-electron chi connectivity index (χ1n) is 6.54. The number of hydrogen-bond acceptors (Lipinski definition) is 3. The van der Waals surface area contributed by atoms with Crippen LogP contribution in [0.1, 0.15) is 19.8 Å². The molecule has 0 saturated carbocycles. The highest BCUT2D eigenvalue weighted by atomic mass is 16.2. The molecule has 0 aliphatic carbocycles. The lowest BCUT2D eigenvalue weighted by molar-refractivity contribution is -0.120. The first-order chi connectivity index (χ1) is 9.15. The fraction of sp³-hybridized carbons (Fsp3) is 0.429. The molecule has 1 aliphatic heterocycles. The second-order valence-electron chi connectivity index (χ2n) is 4.79. The third kappa shape index (κ3) is 4.06. The molecule has 19 heavy (non-hydrogen) atoms. The van der Waals surface area contributed by atoms with Crippen LogP contribution < -0.4 is 16.0 Å². The summed E-state index contributed by atoms with van der Waals surface area (Å²) >= 11 is 0. The standard InChI is InChI=1S/C14H19N3O2/c1-10(18)16-12-5-2-6-13(8-12)17-14(19)11-4-3-7-15-9-11/h2,5-6,8,11,15H,3-4,7,9H2,1H3,(H,16,18)(H,17,19)/t11-/m1/s1. The van der Waals surface area contributed by atoms with Crippen LogP contribution in [0.4, 0.5) is 11.4 Å². The van der Waals surface area contributed by atoms with Gasteiger partial charge in [0.2, 0.25) is 11.8 Å². The van der Waals surface area contributed by atoms with E-state index in [1.807, 2.05) is 6.07 Å². The molecule has 1 heterocycles. The van der Waals surface area contributed by atoms with E-state index in [2.05, 4.69) is 16.0 Å². The fourth-order valence-electron chi connectivity index (χ4n) is 2.20. The Morgan fingerprint density at radius 2 is 2.00 bits per heavy atom. The van der Waals surface area contributed by atoms with Crippen LogP contribution in [0.3, 0.4) is 0 Å². The lowest BCUT2D eigenvalue weighted by Gasteiger charge is -2.22. The Labute approximate surface area is 112 Å². The van der Waals surface area contributed by atoms with Crippen LogP contribution in [-0.4, -0.2) is 24.9 Å². The summed E-state index contributed by atoms with van der Waals surface area (Å²) in [6, 6.07) is 7.17. The van der Waals surface area contributed by atoms with Gasteiger partial charge in [0.1, 0.15) is 0 Å². The van der Waals surface area contributed by atoms with Gasteiger partial charge in [0, 0.05) is 24.8 Å². The predicted molar refractivity (Wildman–Crippen MR) is 75.0 cm³/mol. The molecule has 5 heteroatoms. The van der Waals surface area contributed by atoms with Crippen molar-refractivity contribution in [2.24, 2.45) is 5.92 Å². The molecule has 0 bridgehead atoms. The Kier molecular flexibility index (Phi) is 4.52. The smallest absolute Gasteiger partial charge is 0.228 e. The lowest BCUT2D eigenvalue weighted by atomic mass is 9.99. The van der Waals surface area contributed by atoms with Crippen LogP contribution in [0.2, 0.25) is 0 Å². The first-order valence-corrected chi connectivity index (χ1v) is 6.54. The van der Waals surface area contributed by atoms with Crippen molar-refractivity contribution < 1.29 is 9.59 Å². The minimum absolute atomic E-state index is 0.0261. The van der Waals surface area contributed by atoms with Crippen molar-refractivity contribution >= 4 is 23.2 Å². The van der Waals surface area contributed by atoms with Crippen LogP contribution in [0, 0.1) is 5.92 Å². The molecule has 0 radical (unpaired) electrons. The summed E-state index contributed by atoms with van der Waals surface area (Å²) in [6.07, 6.45) is 1.95. The molecule has 0 unspecified atom stereocenters. The van der Waals surface area contributed by atoms with E-state index in [-0.39, 0.29) is 17.7 Å². The fourth-order valence-corrected chi connectivity index (χ4v) is 2.20. The van der Waals surface area contributed by atoms with E-state index in [0.717, 1.165) is 25.9 Å². The number of amides is 2. The van der Waals surface area contributed by atoms with E-state index >= 15 is 0 Å². The number of rotatable bonds is 3. The van der Waals surface area contributed by atoms with Gasteiger partial charge < -0.3 is 16.0 Å². The molecular formula is C14H19N3O2. The zero-order valence-corrected chi connectivity index (χ0v) is 11.0. The van der Waals surface area contributed by atoms with E-state index in [4.69, 9.17) is 0 Å². The van der Waals surface area contributed by atoms with Crippen molar-refractivity contribution in [2.75, 3.05) is 23.7 Å². The molecule has 102 valence electrons. The number of benzene rings is 1. The third-order valence-corrected chi connectivity index (χ3v) is 3.12. The van der Waals surface area contributed by atoms with E-state index in [0.29, 0.717) is 11.4 Å². The van der Waals surface area contributed by atoms with Crippen LogP contribution in [0.5, 0.6) is 0 Å². The first kappa shape index (κ1) is 13.5. The van der Waals surface area contributed by atoms with Gasteiger partial charge in [-0.3, -0.25) is 9.59 Å². The Hall–Kier alpha value is -1.88. The second-order valence-corrected chi connectivity index (χ2v) is 4.79. The molecule has 1 aromatic carbocycles. The van der Waals surface area contributed by atoms with Crippen molar-refractivity contribution in [1.82, 2.24) is 5.32 Å². The van der Waals surface area contributed by atoms with E-state index in [1.165, 1.54) is 6.92 Å². The van der Waals surface area contributed by atoms with Gasteiger partial charge in [-0.25, -0.2) is 0 Å². The predicted octanol–water partition coefficient (Wildman–Crippen LogP) is 1.58. The summed E-state index contributed by atoms with van der Waals surface area (Å²) in [5, 5.41) is 8.81. The van der Waals surface area contributed by atoms with Crippen molar-refractivity contribution in [3.8, 4) is 0 Å². The van der Waals surface area contributed by atoms with Crippen LogP contribution >= 0.6 is 0 Å². The molecule has 1 saturated heterocycles. The Morgan fingerprint density at radius 1 is 1.26 bits per heavy atom. The molecule has 2 rings (SSSR count). The summed E-state index contributed by atoms with van der Waals surface area (Å²) in [4.78, 5) is 23.0. The zero-order chi connectivity index (χ0) is 13.7. The van der Waals surface area contributed by atoms with Crippen molar-refractivity contribution in [3.63, 3.8) is 0 Å². The monoisotopic (exact) mass is 261 g/mol. The average molecular weight is 261 g/mol. The van der Waals surface area contributed by atoms with Crippen molar-refractivity contribution in [1.29, 1.82) is 0 Å². The molecule has 2 amide bonds. The lowest BCUT2D eigenvalue weighted by Crippen LogP contribution is -2.37. The summed E-state index contributed by atoms with van der Waals surface area (Å²) < 4.78 is 0. The Morgan fingerprint density at radius 3 is 2.63 bits per heavy atom. The number of hydrogen-bond donors (Lipinski definition) is 3. The number of carbonyl (C=O) groups excluding carboxylic acids is 2. The van der Waals surface area contributed by atoms with Gasteiger partial charge in [0.05, 0.1) is 5.92 Å². The SMILES string of the molecule is CC(=O)Nc1cccc(NC(=O)[C@@H]2CCCNC2)c1. The minimum atomic E-state index is -0.125. The maximum atomic E-state index is 12.1. The number of carbonyl (C=O) groups is 2. The molecule has 5 nitrogen and oxygen atoms in total. The average Bonchev–Trinajstić information content (AvgIpc) is 2.39. The molecule has 3 N–H and O–H groups in total. The summed E-state index contributed by atoms with van der Waals surface area (Å²) in [7, 11) is 0. The van der Waals surface area contributed by atoms with Crippen molar-refractivity contribution in [2.45, 2.75) is 19.8 Å². The molecule has 1 atom stereocenters. The summed E-state index contributed by atoms with van der Waals surface area (Å²) in [5.74, 6) is -0.0645. The Bertz CT molecular complexity index is 468. The summed E-state index contributed by atoms with van der Waals surface area (Å²) in [5.41, 5.74) is 1.40. The van der Waals surface area contributed by atoms with E-state index < -0.39 is 0 Å². The molecule has 0 aromatic heterocycles. The van der Waals surface area contributed by atoms with E-state index in [9.17, 15) is 9.59 Å². The highest BCUT2D eigenvalue weighted by Gasteiger charge is 2.20. The van der Waals surface area contributed by atoms with Gasteiger partial charge in [-0.15, -0.1) is 0 Å². The maximum Gasteiger partial charge on any atom is 0.228 e. The largest absolute Gasteiger partial charge is 0.326 e. The van der Waals surface area contributed by atoms with Gasteiger partial charge in [-0.2, -0.15) is 0 Å². The highest BCUT2D eigenvalue weighted by molar-refractivity contribution is 5.94. The quantitative estimate of drug-likeness (QED) is 0.773. The topological polar surface area (TPSA) is 70.2 Å². The van der Waals surface area contributed by atoms with Gasteiger partial charge >= 0.3 is 0 Å². The molecule has 1 fully saturated rings. The highest BCUT2D eigenvalue weighted by Crippen LogP contribution is 2.17. The maximum absolute atomic E-state index is 12.1. The second kappa shape index (κ2) is 6.33. The van der Waals surface area contributed by atoms with Crippen LogP contribution in [0.25, 0.3) is 0 Å². The minimum Gasteiger partial charge on any atom is -0.326 e. The van der Waals surface area contributed by atoms with Crippen LogP contribution in [0.15, 0.2) is 24.3 Å². The Balaban J connectivity index is 1.97. The van der Waals surface area contributed by atoms with Gasteiger partial charge in [-0.1, -0.05) is 6.07 Å². The zero-order valence-electron chi connectivity index (χ0n) is 11.0.